The summed E-state index contributed by atoms with van der Waals surface area (Å²) in [6, 6.07) is 9.27. The number of primary amides is 1. The van der Waals surface area contributed by atoms with Gasteiger partial charge in [-0.15, -0.1) is 11.3 Å². The van der Waals surface area contributed by atoms with Crippen molar-refractivity contribution in [2.45, 2.75) is 13.0 Å². The summed E-state index contributed by atoms with van der Waals surface area (Å²) in [4.78, 5) is 12.6. The lowest BCUT2D eigenvalue weighted by molar-refractivity contribution is 0.100. The van der Waals surface area contributed by atoms with Gasteiger partial charge in [0.15, 0.2) is 0 Å². The van der Waals surface area contributed by atoms with Crippen LogP contribution in [0.5, 0.6) is 0 Å². The Morgan fingerprint density at radius 3 is 2.78 bits per heavy atom. The van der Waals surface area contributed by atoms with Gasteiger partial charge in [0.05, 0.1) is 11.6 Å². The maximum Gasteiger partial charge on any atom is 0.250 e. The van der Waals surface area contributed by atoms with Gasteiger partial charge in [0, 0.05) is 16.3 Å². The summed E-state index contributed by atoms with van der Waals surface area (Å²) in [6.45, 7) is 2.03. The van der Waals surface area contributed by atoms with Gasteiger partial charge in [-0.05, 0) is 36.6 Å². The minimum absolute atomic E-state index is 0.117. The van der Waals surface area contributed by atoms with Crippen LogP contribution in [0.4, 0.5) is 11.4 Å². The largest absolute Gasteiger partial charge is 0.399 e. The third-order valence-corrected chi connectivity index (χ3v) is 3.71. The van der Waals surface area contributed by atoms with Crippen LogP contribution in [0.1, 0.15) is 28.2 Å². The van der Waals surface area contributed by atoms with Crippen molar-refractivity contribution in [2.24, 2.45) is 5.73 Å². The van der Waals surface area contributed by atoms with Crippen LogP contribution in [0.2, 0.25) is 0 Å². The number of rotatable bonds is 4. The highest BCUT2D eigenvalue weighted by molar-refractivity contribution is 7.10. The molecule has 0 saturated carbocycles. The zero-order valence-corrected chi connectivity index (χ0v) is 10.8. The summed E-state index contributed by atoms with van der Waals surface area (Å²) in [5.41, 5.74) is 12.7. The van der Waals surface area contributed by atoms with E-state index < -0.39 is 5.91 Å². The Kier molecular flexibility index (Phi) is 3.53. The standard InChI is InChI=1S/C13H15N3OS/c1-8(12-3-2-6-18-12)16-11-5-4-9(14)7-10(11)13(15)17/h2-8,16H,14H2,1H3,(H2,15,17). The summed E-state index contributed by atoms with van der Waals surface area (Å²) in [5, 5.41) is 5.29. The fraction of sp³-hybridized carbons (Fsp3) is 0.154. The summed E-state index contributed by atoms with van der Waals surface area (Å²) in [6.07, 6.45) is 0. The molecule has 0 aliphatic heterocycles. The van der Waals surface area contributed by atoms with Crippen LogP contribution in [0.15, 0.2) is 35.7 Å². The molecule has 0 aliphatic rings. The highest BCUT2D eigenvalue weighted by Crippen LogP contribution is 2.26. The van der Waals surface area contributed by atoms with Gasteiger partial charge in [-0.25, -0.2) is 0 Å². The number of amides is 1. The van der Waals surface area contributed by atoms with Gasteiger partial charge in [0.25, 0.3) is 5.91 Å². The monoisotopic (exact) mass is 261 g/mol. The molecule has 4 nitrogen and oxygen atoms in total. The van der Waals surface area contributed by atoms with Gasteiger partial charge in [-0.3, -0.25) is 4.79 Å². The number of nitrogen functional groups attached to an aromatic ring is 1. The van der Waals surface area contributed by atoms with Crippen molar-refractivity contribution < 1.29 is 4.79 Å². The Labute approximate surface area is 110 Å². The van der Waals surface area contributed by atoms with Crippen molar-refractivity contribution in [3.63, 3.8) is 0 Å². The number of nitrogens with two attached hydrogens (primary N) is 2. The maximum absolute atomic E-state index is 11.4. The van der Waals surface area contributed by atoms with E-state index in [4.69, 9.17) is 11.5 Å². The van der Waals surface area contributed by atoms with Gasteiger partial charge < -0.3 is 16.8 Å². The van der Waals surface area contributed by atoms with Crippen LogP contribution in [0.25, 0.3) is 0 Å². The molecule has 18 heavy (non-hydrogen) atoms. The van der Waals surface area contributed by atoms with E-state index in [9.17, 15) is 4.79 Å². The van der Waals surface area contributed by atoms with Crippen molar-refractivity contribution in [3.8, 4) is 0 Å². The second kappa shape index (κ2) is 5.10. The Bertz CT molecular complexity index is 551. The van der Waals surface area contributed by atoms with E-state index in [1.54, 1.807) is 29.5 Å². The first-order chi connectivity index (χ1) is 8.58. The molecule has 1 unspecified atom stereocenters. The topological polar surface area (TPSA) is 81.1 Å². The predicted octanol–water partition coefficient (Wildman–Crippen LogP) is 2.60. The quantitative estimate of drug-likeness (QED) is 0.740. The van der Waals surface area contributed by atoms with Gasteiger partial charge in [0.1, 0.15) is 0 Å². The highest BCUT2D eigenvalue weighted by atomic mass is 32.1. The smallest absolute Gasteiger partial charge is 0.250 e. The van der Waals surface area contributed by atoms with Gasteiger partial charge in [-0.1, -0.05) is 6.07 Å². The molecule has 94 valence electrons. The van der Waals surface area contributed by atoms with Crippen LogP contribution in [-0.4, -0.2) is 5.91 Å². The molecule has 0 fully saturated rings. The summed E-state index contributed by atoms with van der Waals surface area (Å²) in [7, 11) is 0. The number of anilines is 2. The van der Waals surface area contributed by atoms with Crippen LogP contribution >= 0.6 is 11.3 Å². The van der Waals surface area contributed by atoms with E-state index in [0.717, 1.165) is 0 Å². The molecule has 1 aromatic heterocycles. The molecular weight excluding hydrogens is 246 g/mol. The maximum atomic E-state index is 11.4. The van der Waals surface area contributed by atoms with E-state index in [1.807, 2.05) is 24.4 Å². The van der Waals surface area contributed by atoms with E-state index in [1.165, 1.54) is 4.88 Å². The van der Waals surface area contributed by atoms with E-state index in [-0.39, 0.29) is 6.04 Å². The van der Waals surface area contributed by atoms with Gasteiger partial charge in [0.2, 0.25) is 0 Å². The lowest BCUT2D eigenvalue weighted by Gasteiger charge is -2.16. The fourth-order valence-corrected chi connectivity index (χ4v) is 2.47. The average molecular weight is 261 g/mol. The summed E-state index contributed by atoms with van der Waals surface area (Å²) >= 11 is 1.66. The lowest BCUT2D eigenvalue weighted by atomic mass is 10.1. The second-order valence-corrected chi connectivity index (χ2v) is 5.03. The molecule has 0 saturated heterocycles. The number of benzene rings is 1. The van der Waals surface area contributed by atoms with Crippen LogP contribution in [0.3, 0.4) is 0 Å². The zero-order valence-electron chi connectivity index (χ0n) is 10.0. The van der Waals surface area contributed by atoms with Crippen molar-refractivity contribution in [3.05, 3.63) is 46.2 Å². The van der Waals surface area contributed by atoms with E-state index in [2.05, 4.69) is 5.32 Å². The molecule has 0 spiro atoms. The first-order valence-electron chi connectivity index (χ1n) is 5.57. The number of nitrogens with one attached hydrogen (secondary N) is 1. The Balaban J connectivity index is 2.26. The molecule has 1 aromatic carbocycles. The minimum atomic E-state index is -0.483. The molecule has 1 atom stereocenters. The zero-order chi connectivity index (χ0) is 13.1. The van der Waals surface area contributed by atoms with Crippen LogP contribution in [-0.2, 0) is 0 Å². The number of carbonyl (C=O) groups is 1. The Morgan fingerprint density at radius 1 is 1.39 bits per heavy atom. The first-order valence-corrected chi connectivity index (χ1v) is 6.45. The van der Waals surface area contributed by atoms with Crippen LogP contribution in [0, 0.1) is 0 Å². The average Bonchev–Trinajstić information content (AvgIpc) is 2.84. The summed E-state index contributed by atoms with van der Waals surface area (Å²) < 4.78 is 0. The van der Waals surface area contributed by atoms with Crippen molar-refractivity contribution in [2.75, 3.05) is 11.1 Å². The molecule has 1 amide bonds. The molecule has 5 N–H and O–H groups in total. The number of hydrogen-bond donors (Lipinski definition) is 3. The number of hydrogen-bond acceptors (Lipinski definition) is 4. The van der Waals surface area contributed by atoms with Gasteiger partial charge >= 0.3 is 0 Å². The molecule has 0 radical (unpaired) electrons. The molecule has 2 rings (SSSR count). The molecular formula is C13H15N3OS. The highest BCUT2D eigenvalue weighted by Gasteiger charge is 2.12. The molecule has 2 aromatic rings. The SMILES string of the molecule is CC(Nc1ccc(N)cc1C(N)=O)c1cccs1. The van der Waals surface area contributed by atoms with E-state index in [0.29, 0.717) is 16.9 Å². The Morgan fingerprint density at radius 2 is 2.17 bits per heavy atom. The third kappa shape index (κ3) is 2.62. The van der Waals surface area contributed by atoms with Crippen molar-refractivity contribution in [1.29, 1.82) is 0 Å². The van der Waals surface area contributed by atoms with Gasteiger partial charge in [-0.2, -0.15) is 0 Å². The number of carbonyl (C=O) groups excluding carboxylic acids is 1. The third-order valence-electron chi connectivity index (χ3n) is 2.65. The van der Waals surface area contributed by atoms with Crippen molar-refractivity contribution >= 4 is 28.6 Å². The van der Waals surface area contributed by atoms with Crippen LogP contribution < -0.4 is 16.8 Å². The molecule has 0 bridgehead atoms. The predicted molar refractivity (Wildman–Crippen MR) is 75.7 cm³/mol. The van der Waals surface area contributed by atoms with Crippen molar-refractivity contribution in [1.82, 2.24) is 0 Å². The minimum Gasteiger partial charge on any atom is -0.399 e. The fourth-order valence-electron chi connectivity index (χ4n) is 1.73. The normalized spacial score (nSPS) is 12.1. The summed E-state index contributed by atoms with van der Waals surface area (Å²) in [5.74, 6) is -0.483. The lowest BCUT2D eigenvalue weighted by Crippen LogP contribution is -2.16. The Hall–Kier alpha value is -2.01. The first kappa shape index (κ1) is 12.4. The van der Waals surface area contributed by atoms with E-state index >= 15 is 0 Å². The molecule has 1 heterocycles. The molecule has 0 aliphatic carbocycles. The molecule has 5 heteroatoms. The number of thiophene rings is 1. The second-order valence-electron chi connectivity index (χ2n) is 4.05.